The Morgan fingerprint density at radius 1 is 1.15 bits per heavy atom. The van der Waals surface area contributed by atoms with Gasteiger partial charge in [0, 0.05) is 5.41 Å². The lowest BCUT2D eigenvalue weighted by Gasteiger charge is -2.13. The zero-order valence-corrected chi connectivity index (χ0v) is 12.1. The van der Waals surface area contributed by atoms with E-state index in [0.717, 1.165) is 5.82 Å². The molecular weight excluding hydrogens is 276 g/mol. The number of phenolic OH excluding ortho intramolecular Hbond substituents is 2. The van der Waals surface area contributed by atoms with Gasteiger partial charge >= 0.3 is 0 Å². The molecule has 0 amide bonds. The molecule has 0 radical (unpaired) electrons. The van der Waals surface area contributed by atoms with Crippen LogP contribution in [0.3, 0.4) is 0 Å². The molecule has 0 fully saturated rings. The molecule has 0 spiro atoms. The van der Waals surface area contributed by atoms with E-state index in [0.29, 0.717) is 15.5 Å². The average Bonchev–Trinajstić information content (AvgIpc) is 2.89. The zero-order chi connectivity index (χ0) is 14.5. The highest BCUT2D eigenvalue weighted by Crippen LogP contribution is 2.35. The summed E-state index contributed by atoms with van der Waals surface area (Å²) in [6.45, 7) is 6.11. The van der Waals surface area contributed by atoms with Crippen LogP contribution in [0.15, 0.2) is 18.2 Å². The largest absolute Gasteiger partial charge is 0.508 e. The second-order valence-electron chi connectivity index (χ2n) is 5.58. The van der Waals surface area contributed by atoms with Gasteiger partial charge in [0.2, 0.25) is 4.96 Å². The highest BCUT2D eigenvalue weighted by molar-refractivity contribution is 7.19. The molecule has 0 aliphatic heterocycles. The summed E-state index contributed by atoms with van der Waals surface area (Å²) in [4.78, 5) is 0.660. The van der Waals surface area contributed by atoms with E-state index >= 15 is 0 Å². The van der Waals surface area contributed by atoms with E-state index in [-0.39, 0.29) is 16.9 Å². The van der Waals surface area contributed by atoms with Gasteiger partial charge in [-0.2, -0.15) is 9.61 Å². The van der Waals surface area contributed by atoms with Crippen molar-refractivity contribution in [1.82, 2.24) is 19.8 Å². The van der Waals surface area contributed by atoms with Gasteiger partial charge in [0.25, 0.3) is 0 Å². The normalized spacial score (nSPS) is 12.2. The summed E-state index contributed by atoms with van der Waals surface area (Å²) >= 11 is 1.32. The highest BCUT2D eigenvalue weighted by Gasteiger charge is 2.24. The molecule has 0 bridgehead atoms. The number of phenols is 2. The van der Waals surface area contributed by atoms with Crippen LogP contribution in [0.1, 0.15) is 26.6 Å². The molecule has 0 aliphatic carbocycles. The Labute approximate surface area is 119 Å². The van der Waals surface area contributed by atoms with Crippen LogP contribution < -0.4 is 0 Å². The number of hydrogen-bond donors (Lipinski definition) is 2. The van der Waals surface area contributed by atoms with Crippen LogP contribution in [0.5, 0.6) is 11.5 Å². The van der Waals surface area contributed by atoms with E-state index in [1.54, 1.807) is 4.52 Å². The van der Waals surface area contributed by atoms with E-state index in [9.17, 15) is 10.2 Å². The number of aromatic hydroxyl groups is 2. The Morgan fingerprint density at radius 2 is 1.90 bits per heavy atom. The third-order valence-corrected chi connectivity index (χ3v) is 3.80. The van der Waals surface area contributed by atoms with Crippen LogP contribution >= 0.6 is 11.3 Å². The number of fused-ring (bicyclic) bond motifs is 1. The molecule has 104 valence electrons. The van der Waals surface area contributed by atoms with Gasteiger partial charge < -0.3 is 10.2 Å². The van der Waals surface area contributed by atoms with Crippen molar-refractivity contribution in [2.75, 3.05) is 0 Å². The molecule has 6 nitrogen and oxygen atoms in total. The Kier molecular flexibility index (Phi) is 2.68. The van der Waals surface area contributed by atoms with Crippen molar-refractivity contribution < 1.29 is 10.2 Å². The first-order valence-corrected chi connectivity index (χ1v) is 6.93. The first-order chi connectivity index (χ1) is 9.36. The second-order valence-corrected chi connectivity index (χ2v) is 6.53. The monoisotopic (exact) mass is 290 g/mol. The summed E-state index contributed by atoms with van der Waals surface area (Å²) in [6, 6.07) is 4.36. The summed E-state index contributed by atoms with van der Waals surface area (Å²) < 4.78 is 1.68. The fraction of sp³-hybridized carbons (Fsp3) is 0.308. The molecule has 0 aliphatic rings. The van der Waals surface area contributed by atoms with E-state index in [2.05, 4.69) is 15.3 Å². The van der Waals surface area contributed by atoms with Crippen molar-refractivity contribution in [1.29, 1.82) is 0 Å². The van der Waals surface area contributed by atoms with Crippen molar-refractivity contribution in [3.63, 3.8) is 0 Å². The minimum absolute atomic E-state index is 0.0741. The van der Waals surface area contributed by atoms with Crippen LogP contribution in [0, 0.1) is 0 Å². The molecule has 3 rings (SSSR count). The van der Waals surface area contributed by atoms with Crippen molar-refractivity contribution in [3.8, 4) is 22.1 Å². The molecule has 2 heterocycles. The first-order valence-electron chi connectivity index (χ1n) is 6.11. The number of aromatic nitrogens is 4. The Morgan fingerprint density at radius 3 is 2.60 bits per heavy atom. The van der Waals surface area contributed by atoms with Crippen molar-refractivity contribution in [2.45, 2.75) is 26.2 Å². The van der Waals surface area contributed by atoms with Gasteiger partial charge in [0.15, 0.2) is 10.8 Å². The minimum Gasteiger partial charge on any atom is -0.508 e. The molecule has 0 unspecified atom stereocenters. The van der Waals surface area contributed by atoms with E-state index in [1.165, 1.54) is 29.5 Å². The highest BCUT2D eigenvalue weighted by atomic mass is 32.1. The molecule has 2 aromatic heterocycles. The zero-order valence-electron chi connectivity index (χ0n) is 11.3. The summed E-state index contributed by atoms with van der Waals surface area (Å²) in [5.41, 5.74) is 0.311. The van der Waals surface area contributed by atoms with E-state index < -0.39 is 0 Å². The quantitative estimate of drug-likeness (QED) is 0.673. The fourth-order valence-electron chi connectivity index (χ4n) is 1.89. The molecule has 0 saturated carbocycles. The van der Waals surface area contributed by atoms with Crippen LogP contribution in [0.2, 0.25) is 0 Å². The maximum absolute atomic E-state index is 9.89. The third kappa shape index (κ3) is 2.00. The van der Waals surface area contributed by atoms with Crippen LogP contribution in [0.4, 0.5) is 0 Å². The van der Waals surface area contributed by atoms with E-state index in [1.807, 2.05) is 20.8 Å². The number of rotatable bonds is 1. The van der Waals surface area contributed by atoms with Crippen LogP contribution in [0.25, 0.3) is 15.5 Å². The van der Waals surface area contributed by atoms with E-state index in [4.69, 9.17) is 0 Å². The van der Waals surface area contributed by atoms with Crippen molar-refractivity contribution in [2.24, 2.45) is 0 Å². The summed E-state index contributed by atoms with van der Waals surface area (Å²) in [6.07, 6.45) is 0. The standard InChI is InChI=1S/C13H14N4O2S/c1-13(2,3)11-14-15-12-17(11)16-10(20-12)8-6-7(18)4-5-9(8)19/h4-6,18-19H,1-3H3. The predicted octanol–water partition coefficient (Wildman–Crippen LogP) is 2.56. The van der Waals surface area contributed by atoms with Crippen molar-refractivity contribution >= 4 is 16.3 Å². The van der Waals surface area contributed by atoms with Gasteiger partial charge in [-0.15, -0.1) is 10.2 Å². The Balaban J connectivity index is 2.19. The summed E-state index contributed by atoms with van der Waals surface area (Å²) in [7, 11) is 0. The molecule has 0 saturated heterocycles. The maximum atomic E-state index is 9.89. The second kappa shape index (κ2) is 4.17. The maximum Gasteiger partial charge on any atom is 0.235 e. The number of benzene rings is 1. The average molecular weight is 290 g/mol. The fourth-order valence-corrected chi connectivity index (χ4v) is 2.75. The molecule has 1 aromatic carbocycles. The molecular formula is C13H14N4O2S. The van der Waals surface area contributed by atoms with Gasteiger partial charge in [-0.3, -0.25) is 0 Å². The molecule has 7 heteroatoms. The smallest absolute Gasteiger partial charge is 0.235 e. The lowest BCUT2D eigenvalue weighted by atomic mass is 9.96. The minimum atomic E-state index is -0.175. The van der Waals surface area contributed by atoms with Gasteiger partial charge in [-0.1, -0.05) is 32.1 Å². The lowest BCUT2D eigenvalue weighted by Crippen LogP contribution is -2.16. The molecule has 0 atom stereocenters. The Bertz CT molecular complexity index is 785. The van der Waals surface area contributed by atoms with Crippen molar-refractivity contribution in [3.05, 3.63) is 24.0 Å². The molecule has 3 aromatic rings. The van der Waals surface area contributed by atoms with Gasteiger partial charge in [0.1, 0.15) is 11.5 Å². The Hall–Kier alpha value is -2.15. The molecule has 20 heavy (non-hydrogen) atoms. The number of nitrogens with zero attached hydrogens (tertiary/aromatic N) is 4. The van der Waals surface area contributed by atoms with Crippen LogP contribution in [-0.4, -0.2) is 30.0 Å². The topological polar surface area (TPSA) is 83.5 Å². The van der Waals surface area contributed by atoms with Gasteiger partial charge in [0.05, 0.1) is 5.56 Å². The number of hydrogen-bond acceptors (Lipinski definition) is 6. The summed E-state index contributed by atoms with van der Waals surface area (Å²) in [5.74, 6) is 0.916. The molecule has 2 N–H and O–H groups in total. The SMILES string of the molecule is CC(C)(C)c1nnc2sc(-c3cc(O)ccc3O)nn12. The summed E-state index contributed by atoms with van der Waals surface area (Å²) in [5, 5.41) is 32.7. The predicted molar refractivity (Wildman–Crippen MR) is 76.1 cm³/mol. The first kappa shape index (κ1) is 12.9. The third-order valence-electron chi connectivity index (χ3n) is 2.87. The van der Waals surface area contributed by atoms with Gasteiger partial charge in [-0.05, 0) is 18.2 Å². The lowest BCUT2D eigenvalue weighted by molar-refractivity contribution is 0.461. The van der Waals surface area contributed by atoms with Crippen LogP contribution in [-0.2, 0) is 5.41 Å². The van der Waals surface area contributed by atoms with Gasteiger partial charge in [-0.25, -0.2) is 0 Å².